The van der Waals surface area contributed by atoms with Gasteiger partial charge in [-0.05, 0) is 114 Å². The molecule has 4 nitrogen and oxygen atoms in total. The predicted molar refractivity (Wildman–Crippen MR) is 144 cm³/mol. The molecule has 0 aromatic heterocycles. The van der Waals surface area contributed by atoms with E-state index in [1.54, 1.807) is 0 Å². The minimum atomic E-state index is -0.296. The van der Waals surface area contributed by atoms with E-state index in [0.717, 1.165) is 66.3 Å². The number of allylic oxidation sites excluding steroid dienone is 5. The number of Topliss-reactive ketones (excluding diaryl/α,β-unsaturated/α-hetero) is 1. The SMILES string of the molecule is Cc1cccc2c1C(=O)C(C(=O)NC1=C(C#CCN(C)C)C=C(C3C4CCC3CC4)CC1)=CCCC2. The zero-order valence-corrected chi connectivity index (χ0v) is 22.0. The molecule has 0 aliphatic heterocycles. The van der Waals surface area contributed by atoms with Crippen molar-refractivity contribution in [2.24, 2.45) is 17.8 Å². The van der Waals surface area contributed by atoms with E-state index in [4.69, 9.17) is 0 Å². The fraction of sp³-hybridized carbons (Fsp3) is 0.500. The zero-order valence-electron chi connectivity index (χ0n) is 22.0. The molecule has 0 unspecified atom stereocenters. The summed E-state index contributed by atoms with van der Waals surface area (Å²) in [6.07, 6.45) is 13.8. The van der Waals surface area contributed by atoms with E-state index in [0.29, 0.717) is 18.0 Å². The number of hydrogen-bond acceptors (Lipinski definition) is 3. The van der Waals surface area contributed by atoms with E-state index in [-0.39, 0.29) is 17.3 Å². The monoisotopic (exact) mass is 482 g/mol. The van der Waals surface area contributed by atoms with Crippen LogP contribution >= 0.6 is 0 Å². The molecule has 2 bridgehead atoms. The number of amides is 1. The molecule has 4 aliphatic rings. The van der Waals surface area contributed by atoms with Crippen LogP contribution in [0.1, 0.15) is 72.9 Å². The Morgan fingerprint density at radius 3 is 2.56 bits per heavy atom. The number of aryl methyl sites for hydroxylation is 2. The molecule has 5 rings (SSSR count). The third-order valence-corrected chi connectivity index (χ3v) is 8.54. The van der Waals surface area contributed by atoms with Gasteiger partial charge in [-0.2, -0.15) is 0 Å². The minimum Gasteiger partial charge on any atom is -0.324 e. The van der Waals surface area contributed by atoms with E-state index < -0.39 is 0 Å². The second-order valence-electron chi connectivity index (χ2n) is 11.3. The Bertz CT molecular complexity index is 1200. The second kappa shape index (κ2) is 10.6. The number of fused-ring (bicyclic) bond motifs is 3. The fourth-order valence-electron chi connectivity index (χ4n) is 6.83. The minimum absolute atomic E-state index is 0.157. The number of carbonyl (C=O) groups is 2. The summed E-state index contributed by atoms with van der Waals surface area (Å²) in [7, 11) is 4.02. The number of carbonyl (C=O) groups excluding carboxylic acids is 2. The molecule has 1 amide bonds. The van der Waals surface area contributed by atoms with Crippen LogP contribution in [0, 0.1) is 36.5 Å². The van der Waals surface area contributed by atoms with Crippen LogP contribution in [0.2, 0.25) is 0 Å². The maximum Gasteiger partial charge on any atom is 0.259 e. The first-order chi connectivity index (χ1) is 17.4. The van der Waals surface area contributed by atoms with Crippen LogP contribution in [0.5, 0.6) is 0 Å². The number of rotatable bonds is 4. The van der Waals surface area contributed by atoms with E-state index in [9.17, 15) is 9.59 Å². The molecule has 1 aromatic rings. The normalized spacial score (nSPS) is 25.4. The molecule has 2 fully saturated rings. The van der Waals surface area contributed by atoms with Crippen LogP contribution < -0.4 is 5.32 Å². The van der Waals surface area contributed by atoms with Gasteiger partial charge in [0.25, 0.3) is 5.91 Å². The summed E-state index contributed by atoms with van der Waals surface area (Å²) in [5.41, 5.74) is 6.25. The predicted octanol–water partition coefficient (Wildman–Crippen LogP) is 5.53. The van der Waals surface area contributed by atoms with E-state index >= 15 is 0 Å². The molecule has 0 saturated heterocycles. The van der Waals surface area contributed by atoms with Gasteiger partial charge in [0.05, 0.1) is 12.1 Å². The van der Waals surface area contributed by atoms with Gasteiger partial charge in [0, 0.05) is 16.8 Å². The average Bonchev–Trinajstić information content (AvgIpc) is 3.44. The van der Waals surface area contributed by atoms with Crippen molar-refractivity contribution >= 4 is 11.7 Å². The van der Waals surface area contributed by atoms with Gasteiger partial charge in [0.15, 0.2) is 5.78 Å². The Morgan fingerprint density at radius 1 is 1.08 bits per heavy atom. The molecule has 4 heteroatoms. The van der Waals surface area contributed by atoms with Gasteiger partial charge in [-0.3, -0.25) is 14.5 Å². The number of ketones is 1. The van der Waals surface area contributed by atoms with Crippen molar-refractivity contribution in [1.82, 2.24) is 10.2 Å². The number of benzene rings is 1. The van der Waals surface area contributed by atoms with Crippen LogP contribution in [-0.4, -0.2) is 37.2 Å². The largest absolute Gasteiger partial charge is 0.324 e. The lowest BCUT2D eigenvalue weighted by Crippen LogP contribution is -2.31. The van der Waals surface area contributed by atoms with Gasteiger partial charge in [0.2, 0.25) is 0 Å². The van der Waals surface area contributed by atoms with Gasteiger partial charge in [-0.15, -0.1) is 0 Å². The molecular formula is C32H38N2O2. The summed E-state index contributed by atoms with van der Waals surface area (Å²) in [5.74, 6) is 8.54. The van der Waals surface area contributed by atoms with Crippen molar-refractivity contribution in [3.63, 3.8) is 0 Å². The Hall–Kier alpha value is -2.90. The van der Waals surface area contributed by atoms with Crippen molar-refractivity contribution < 1.29 is 9.59 Å². The molecule has 1 N–H and O–H groups in total. The van der Waals surface area contributed by atoms with Crippen LogP contribution in [-0.2, 0) is 11.2 Å². The van der Waals surface area contributed by atoms with Gasteiger partial charge in [-0.1, -0.05) is 41.7 Å². The fourth-order valence-corrected chi connectivity index (χ4v) is 6.83. The average molecular weight is 483 g/mol. The van der Waals surface area contributed by atoms with Crippen molar-refractivity contribution in [2.75, 3.05) is 20.6 Å². The smallest absolute Gasteiger partial charge is 0.259 e. The van der Waals surface area contributed by atoms with Crippen molar-refractivity contribution in [1.29, 1.82) is 0 Å². The molecule has 1 aromatic carbocycles. The Labute approximate surface area is 215 Å². The summed E-state index contributed by atoms with van der Waals surface area (Å²) < 4.78 is 0. The highest BCUT2D eigenvalue weighted by atomic mass is 16.2. The number of nitrogens with zero attached hydrogens (tertiary/aromatic N) is 1. The third kappa shape index (κ3) is 5.00. The standard InChI is InChI=1S/C32H38N2O2/c1-21-8-6-10-22-9-4-5-12-27(31(35)29(21)22)32(36)33-28-18-17-26(20-25(28)11-7-19-34(2)3)30-23-13-14-24(30)16-15-23/h6,8,10,12,20,23-24,30H,4-5,9,13-19H2,1-3H3,(H,33,36). The van der Waals surface area contributed by atoms with Crippen LogP contribution in [0.25, 0.3) is 0 Å². The molecule has 2 saturated carbocycles. The van der Waals surface area contributed by atoms with E-state index in [1.165, 1.54) is 31.3 Å². The maximum absolute atomic E-state index is 13.5. The molecule has 0 spiro atoms. The summed E-state index contributed by atoms with van der Waals surface area (Å²) in [4.78, 5) is 29.1. The summed E-state index contributed by atoms with van der Waals surface area (Å²) in [5, 5.41) is 3.15. The number of hydrogen-bond donors (Lipinski definition) is 1. The van der Waals surface area contributed by atoms with Crippen LogP contribution in [0.3, 0.4) is 0 Å². The first-order valence-electron chi connectivity index (χ1n) is 13.6. The third-order valence-electron chi connectivity index (χ3n) is 8.54. The summed E-state index contributed by atoms with van der Waals surface area (Å²) in [6.45, 7) is 2.63. The van der Waals surface area contributed by atoms with Crippen LogP contribution in [0.15, 0.2) is 52.8 Å². The topological polar surface area (TPSA) is 49.4 Å². The van der Waals surface area contributed by atoms with E-state index in [2.05, 4.69) is 23.2 Å². The first-order valence-corrected chi connectivity index (χ1v) is 13.6. The molecule has 0 heterocycles. The van der Waals surface area contributed by atoms with Crippen LogP contribution in [0.4, 0.5) is 0 Å². The maximum atomic E-state index is 13.5. The Balaban J connectivity index is 1.44. The molecular weight excluding hydrogens is 444 g/mol. The highest BCUT2D eigenvalue weighted by Crippen LogP contribution is 2.54. The van der Waals surface area contributed by atoms with E-state index in [1.807, 2.05) is 50.2 Å². The highest BCUT2D eigenvalue weighted by Gasteiger charge is 2.43. The lowest BCUT2D eigenvalue weighted by atomic mass is 9.82. The first kappa shape index (κ1) is 24.8. The summed E-state index contributed by atoms with van der Waals surface area (Å²) >= 11 is 0. The van der Waals surface area contributed by atoms with Crippen molar-refractivity contribution in [3.8, 4) is 11.8 Å². The second-order valence-corrected chi connectivity index (χ2v) is 11.3. The Morgan fingerprint density at radius 2 is 1.83 bits per heavy atom. The van der Waals surface area contributed by atoms with Gasteiger partial charge in [0.1, 0.15) is 0 Å². The van der Waals surface area contributed by atoms with Gasteiger partial charge in [-0.25, -0.2) is 0 Å². The molecule has 0 radical (unpaired) electrons. The lowest BCUT2D eigenvalue weighted by Gasteiger charge is -2.25. The molecule has 0 atom stereocenters. The molecule has 4 aliphatic carbocycles. The van der Waals surface area contributed by atoms with Gasteiger partial charge >= 0.3 is 0 Å². The molecule has 36 heavy (non-hydrogen) atoms. The summed E-state index contributed by atoms with van der Waals surface area (Å²) in [6, 6.07) is 5.97. The molecule has 188 valence electrons. The zero-order chi connectivity index (χ0) is 25.2. The Kier molecular flexibility index (Phi) is 7.30. The number of nitrogens with one attached hydrogen (secondary N) is 1. The van der Waals surface area contributed by atoms with Gasteiger partial charge < -0.3 is 5.32 Å². The highest BCUT2D eigenvalue weighted by molar-refractivity contribution is 6.26. The van der Waals surface area contributed by atoms with Crippen molar-refractivity contribution in [2.45, 2.75) is 64.7 Å². The van der Waals surface area contributed by atoms with Crippen molar-refractivity contribution in [3.05, 3.63) is 69.5 Å². The quantitative estimate of drug-likeness (QED) is 0.453. The lowest BCUT2D eigenvalue weighted by molar-refractivity contribution is -0.116.